The first-order chi connectivity index (χ1) is 9.87. The zero-order valence-electron chi connectivity index (χ0n) is 14.4. The van der Waals surface area contributed by atoms with Crippen LogP contribution in [0.3, 0.4) is 0 Å². The van der Waals surface area contributed by atoms with E-state index in [1.54, 1.807) is 41.5 Å². The van der Waals surface area contributed by atoms with E-state index in [-0.39, 0.29) is 13.0 Å². The molecule has 0 N–H and O–H groups in total. The van der Waals surface area contributed by atoms with Crippen LogP contribution in [0.4, 0.5) is 4.79 Å². The molecule has 0 saturated heterocycles. The van der Waals surface area contributed by atoms with Gasteiger partial charge >= 0.3 is 12.1 Å². The molecule has 8 nitrogen and oxygen atoms in total. The summed E-state index contributed by atoms with van der Waals surface area (Å²) in [5.74, 6) is -0.561. The highest BCUT2D eigenvalue weighted by molar-refractivity contribution is 5.81. The Morgan fingerprint density at radius 3 is 2.05 bits per heavy atom. The zero-order chi connectivity index (χ0) is 17.6. The molecule has 0 aliphatic rings. The molecule has 22 heavy (non-hydrogen) atoms. The monoisotopic (exact) mass is 314 g/mol. The van der Waals surface area contributed by atoms with Crippen molar-refractivity contribution in [3.05, 3.63) is 10.4 Å². The van der Waals surface area contributed by atoms with Crippen molar-refractivity contribution in [2.45, 2.75) is 65.2 Å². The van der Waals surface area contributed by atoms with Gasteiger partial charge in [-0.2, -0.15) is 0 Å². The van der Waals surface area contributed by atoms with Crippen molar-refractivity contribution in [2.24, 2.45) is 5.11 Å². The lowest BCUT2D eigenvalue weighted by Crippen LogP contribution is -2.47. The number of ether oxygens (including phenoxy) is 2. The van der Waals surface area contributed by atoms with Gasteiger partial charge < -0.3 is 9.47 Å². The molecule has 0 unspecified atom stereocenters. The number of hydrogen-bond donors (Lipinski definition) is 0. The predicted molar refractivity (Wildman–Crippen MR) is 82.3 cm³/mol. The first kappa shape index (κ1) is 20.1. The van der Waals surface area contributed by atoms with Crippen LogP contribution in [0.5, 0.6) is 0 Å². The lowest BCUT2D eigenvalue weighted by molar-refractivity contribution is -0.160. The predicted octanol–water partition coefficient (Wildman–Crippen LogP) is 3.26. The highest BCUT2D eigenvalue weighted by Crippen LogP contribution is 2.16. The van der Waals surface area contributed by atoms with Crippen molar-refractivity contribution in [3.8, 4) is 0 Å². The Kier molecular flexibility index (Phi) is 7.19. The largest absolute Gasteiger partial charge is 0.458 e. The highest BCUT2D eigenvalue weighted by atomic mass is 16.6. The summed E-state index contributed by atoms with van der Waals surface area (Å²) in [6.07, 6.45) is -0.473. The maximum absolute atomic E-state index is 12.3. The van der Waals surface area contributed by atoms with Crippen LogP contribution in [0.15, 0.2) is 5.11 Å². The number of nitrogens with zero attached hydrogens (tertiary/aromatic N) is 4. The third-order valence-electron chi connectivity index (χ3n) is 2.39. The van der Waals surface area contributed by atoms with Crippen LogP contribution in [0, 0.1) is 0 Å². The van der Waals surface area contributed by atoms with Crippen LogP contribution in [-0.2, 0) is 14.3 Å². The van der Waals surface area contributed by atoms with Gasteiger partial charge in [0.15, 0.2) is 0 Å². The highest BCUT2D eigenvalue weighted by Gasteiger charge is 2.33. The number of likely N-dealkylation sites (N-methyl/N-ethyl adjacent to an activating group) is 1. The second-order valence-electron chi connectivity index (χ2n) is 6.88. The Morgan fingerprint density at radius 2 is 1.64 bits per heavy atom. The number of amides is 1. The lowest BCUT2D eigenvalue weighted by Gasteiger charge is -2.31. The van der Waals surface area contributed by atoms with Gasteiger partial charge in [0.05, 0.1) is 0 Å². The molecule has 0 radical (unpaired) electrons. The summed E-state index contributed by atoms with van der Waals surface area (Å²) in [5, 5.41) is 3.40. The quantitative estimate of drug-likeness (QED) is 0.336. The van der Waals surface area contributed by atoms with Gasteiger partial charge in [0.2, 0.25) is 0 Å². The van der Waals surface area contributed by atoms with Crippen molar-refractivity contribution in [1.82, 2.24) is 4.90 Å². The summed E-state index contributed by atoms with van der Waals surface area (Å²) in [5.41, 5.74) is 6.99. The number of rotatable bonds is 5. The van der Waals surface area contributed by atoms with E-state index < -0.39 is 29.3 Å². The maximum Gasteiger partial charge on any atom is 0.410 e. The fourth-order valence-corrected chi connectivity index (χ4v) is 1.53. The Bertz CT molecular complexity index is 445. The van der Waals surface area contributed by atoms with E-state index >= 15 is 0 Å². The Balaban J connectivity index is 5.08. The number of hydrogen-bond acceptors (Lipinski definition) is 5. The van der Waals surface area contributed by atoms with Crippen LogP contribution < -0.4 is 0 Å². The fraction of sp³-hybridized carbons (Fsp3) is 0.857. The molecule has 126 valence electrons. The zero-order valence-corrected chi connectivity index (χ0v) is 14.4. The molecule has 0 aliphatic heterocycles. The SMILES string of the molecule is CN(C(=O)OC(C)(C)C)[C@@H](CCN=[N+]=[N-])C(=O)OC(C)(C)C. The Hall–Kier alpha value is -1.95. The van der Waals surface area contributed by atoms with Gasteiger partial charge in [-0.3, -0.25) is 4.90 Å². The van der Waals surface area contributed by atoms with Crippen molar-refractivity contribution in [3.63, 3.8) is 0 Å². The van der Waals surface area contributed by atoms with E-state index in [9.17, 15) is 9.59 Å². The molecule has 0 rings (SSSR count). The smallest absolute Gasteiger partial charge is 0.410 e. The van der Waals surface area contributed by atoms with E-state index in [0.29, 0.717) is 0 Å². The van der Waals surface area contributed by atoms with Crippen LogP contribution >= 0.6 is 0 Å². The van der Waals surface area contributed by atoms with E-state index in [1.165, 1.54) is 11.9 Å². The Labute approximate surface area is 131 Å². The van der Waals surface area contributed by atoms with Gasteiger partial charge in [0.25, 0.3) is 0 Å². The second kappa shape index (κ2) is 7.89. The molecule has 1 amide bonds. The molecule has 0 bridgehead atoms. The van der Waals surface area contributed by atoms with Crippen molar-refractivity contribution >= 4 is 12.1 Å². The van der Waals surface area contributed by atoms with Crippen molar-refractivity contribution < 1.29 is 19.1 Å². The molecular weight excluding hydrogens is 288 g/mol. The minimum atomic E-state index is -0.875. The molecule has 0 aliphatic carbocycles. The molecule has 0 heterocycles. The fourth-order valence-electron chi connectivity index (χ4n) is 1.53. The normalized spacial score (nSPS) is 12.9. The minimum Gasteiger partial charge on any atom is -0.458 e. The number of azide groups is 1. The molecular formula is C14H26N4O4. The van der Waals surface area contributed by atoms with Gasteiger partial charge in [-0.05, 0) is 53.5 Å². The van der Waals surface area contributed by atoms with Crippen molar-refractivity contribution in [2.75, 3.05) is 13.6 Å². The molecule has 0 saturated carbocycles. The number of esters is 1. The van der Waals surface area contributed by atoms with Gasteiger partial charge in [-0.1, -0.05) is 5.11 Å². The topological polar surface area (TPSA) is 105 Å². The third-order valence-corrected chi connectivity index (χ3v) is 2.39. The third kappa shape index (κ3) is 8.36. The van der Waals surface area contributed by atoms with Gasteiger partial charge in [-0.25, -0.2) is 9.59 Å². The van der Waals surface area contributed by atoms with E-state index in [2.05, 4.69) is 10.0 Å². The summed E-state index contributed by atoms with van der Waals surface area (Å²) >= 11 is 0. The van der Waals surface area contributed by atoms with Crippen LogP contribution in [0.1, 0.15) is 48.0 Å². The summed E-state index contributed by atoms with van der Waals surface area (Å²) in [7, 11) is 1.46. The average Bonchev–Trinajstić information content (AvgIpc) is 2.29. The number of carbonyl (C=O) groups is 2. The summed E-state index contributed by atoms with van der Waals surface area (Å²) in [4.78, 5) is 28.2. The van der Waals surface area contributed by atoms with Crippen LogP contribution in [0.25, 0.3) is 10.4 Å². The van der Waals surface area contributed by atoms with Gasteiger partial charge in [0.1, 0.15) is 17.2 Å². The first-order valence-electron chi connectivity index (χ1n) is 7.07. The average molecular weight is 314 g/mol. The molecule has 0 aromatic rings. The molecule has 8 heteroatoms. The Morgan fingerprint density at radius 1 is 1.14 bits per heavy atom. The lowest BCUT2D eigenvalue weighted by atomic mass is 10.1. The van der Waals surface area contributed by atoms with E-state index in [0.717, 1.165) is 0 Å². The van der Waals surface area contributed by atoms with Crippen molar-refractivity contribution in [1.29, 1.82) is 0 Å². The standard InChI is InChI=1S/C14H26N4O4/c1-13(2,3)21-11(19)10(8-9-16-17-15)18(7)12(20)22-14(4,5)6/h10H,8-9H2,1-7H3/t10-/m0/s1. The minimum absolute atomic E-state index is 0.0769. The summed E-state index contributed by atoms with van der Waals surface area (Å²) < 4.78 is 10.6. The molecule has 0 aromatic carbocycles. The summed E-state index contributed by atoms with van der Waals surface area (Å²) in [6, 6.07) is -0.875. The van der Waals surface area contributed by atoms with E-state index in [1.807, 2.05) is 0 Å². The number of carbonyl (C=O) groups excluding carboxylic acids is 2. The molecule has 0 aromatic heterocycles. The summed E-state index contributed by atoms with van der Waals surface area (Å²) in [6.45, 7) is 10.5. The molecule has 0 spiro atoms. The van der Waals surface area contributed by atoms with E-state index in [4.69, 9.17) is 15.0 Å². The van der Waals surface area contributed by atoms with Gasteiger partial charge in [0, 0.05) is 18.5 Å². The second-order valence-corrected chi connectivity index (χ2v) is 6.88. The van der Waals surface area contributed by atoms with Gasteiger partial charge in [-0.15, -0.1) is 0 Å². The molecule has 1 atom stereocenters. The molecule has 0 fully saturated rings. The van der Waals surface area contributed by atoms with Crippen LogP contribution in [-0.4, -0.2) is 47.8 Å². The van der Waals surface area contributed by atoms with Crippen LogP contribution in [0.2, 0.25) is 0 Å². The maximum atomic E-state index is 12.3. The first-order valence-corrected chi connectivity index (χ1v) is 7.07.